The van der Waals surface area contributed by atoms with Crippen LogP contribution in [-0.4, -0.2) is 0 Å². The molecule has 0 amide bonds. The summed E-state index contributed by atoms with van der Waals surface area (Å²) >= 11 is 0. The zero-order valence-electron chi connectivity index (χ0n) is 7.35. The number of halogens is 1. The molecule has 1 nitrogen and oxygen atoms in total. The van der Waals surface area contributed by atoms with Gasteiger partial charge in [0.2, 0.25) is 0 Å². The lowest BCUT2D eigenvalue weighted by Gasteiger charge is -1.98. The Labute approximate surface area is 74.8 Å². The molecular weight excluding hydrogens is 158 g/mol. The van der Waals surface area contributed by atoms with Crippen LogP contribution in [0.3, 0.4) is 0 Å². The SMILES string of the molecule is Cc1ccc(C)c(C)c1.Cl.N. The minimum absolute atomic E-state index is 0. The Balaban J connectivity index is 0. The van der Waals surface area contributed by atoms with E-state index < -0.39 is 0 Å². The van der Waals surface area contributed by atoms with Crippen molar-refractivity contribution in [3.8, 4) is 0 Å². The van der Waals surface area contributed by atoms with Crippen LogP contribution in [0, 0.1) is 20.8 Å². The summed E-state index contributed by atoms with van der Waals surface area (Å²) in [4.78, 5) is 0. The lowest BCUT2D eigenvalue weighted by molar-refractivity contribution is 1.30. The molecular formula is C9H16ClN. The second kappa shape index (κ2) is 5.16. The smallest absolute Gasteiger partial charge is 0.0395 e. The van der Waals surface area contributed by atoms with Crippen LogP contribution in [0.2, 0.25) is 0 Å². The van der Waals surface area contributed by atoms with Gasteiger partial charge in [0, 0.05) is 0 Å². The highest BCUT2D eigenvalue weighted by molar-refractivity contribution is 5.85. The summed E-state index contributed by atoms with van der Waals surface area (Å²) in [6.45, 7) is 6.39. The topological polar surface area (TPSA) is 35.0 Å². The zero-order valence-corrected chi connectivity index (χ0v) is 8.16. The largest absolute Gasteiger partial charge is 0.344 e. The molecule has 0 aromatic heterocycles. The molecule has 0 radical (unpaired) electrons. The van der Waals surface area contributed by atoms with E-state index in [0.717, 1.165) is 0 Å². The van der Waals surface area contributed by atoms with Crippen molar-refractivity contribution in [3.05, 3.63) is 34.9 Å². The van der Waals surface area contributed by atoms with E-state index in [4.69, 9.17) is 0 Å². The van der Waals surface area contributed by atoms with Crippen LogP contribution in [0.4, 0.5) is 0 Å². The standard InChI is InChI=1S/C9H12.ClH.H3N/c1-7-4-5-8(2)9(3)6-7;;/h4-6H,1-3H3;1H;1H3. The van der Waals surface area contributed by atoms with Gasteiger partial charge in [-0.05, 0) is 31.9 Å². The van der Waals surface area contributed by atoms with E-state index in [0.29, 0.717) is 0 Å². The third-order valence-corrected chi connectivity index (χ3v) is 1.66. The Kier molecular flexibility index (Phi) is 6.14. The molecule has 1 rings (SSSR count). The van der Waals surface area contributed by atoms with Gasteiger partial charge in [0.1, 0.15) is 0 Å². The highest BCUT2D eigenvalue weighted by atomic mass is 35.5. The van der Waals surface area contributed by atoms with Crippen molar-refractivity contribution < 1.29 is 0 Å². The first kappa shape index (κ1) is 13.1. The van der Waals surface area contributed by atoms with Crippen LogP contribution in [0.5, 0.6) is 0 Å². The Hall–Kier alpha value is -0.530. The molecule has 0 unspecified atom stereocenters. The zero-order chi connectivity index (χ0) is 6.85. The highest BCUT2D eigenvalue weighted by Crippen LogP contribution is 2.07. The molecule has 0 saturated heterocycles. The molecule has 3 N–H and O–H groups in total. The van der Waals surface area contributed by atoms with Gasteiger partial charge < -0.3 is 6.15 Å². The molecule has 1 aromatic carbocycles. The van der Waals surface area contributed by atoms with E-state index in [9.17, 15) is 0 Å². The predicted molar refractivity (Wildman–Crippen MR) is 52.9 cm³/mol. The quantitative estimate of drug-likeness (QED) is 0.643. The highest BCUT2D eigenvalue weighted by Gasteiger charge is 1.89. The van der Waals surface area contributed by atoms with Crippen molar-refractivity contribution in [2.24, 2.45) is 0 Å². The van der Waals surface area contributed by atoms with Gasteiger partial charge in [0.15, 0.2) is 0 Å². The molecule has 1 aromatic rings. The first-order valence-corrected chi connectivity index (χ1v) is 3.24. The summed E-state index contributed by atoms with van der Waals surface area (Å²) < 4.78 is 0. The summed E-state index contributed by atoms with van der Waals surface area (Å²) in [6, 6.07) is 6.50. The molecule has 0 spiro atoms. The van der Waals surface area contributed by atoms with Crippen molar-refractivity contribution in [1.82, 2.24) is 6.15 Å². The predicted octanol–water partition coefficient (Wildman–Crippen LogP) is 3.20. The number of benzene rings is 1. The Bertz CT molecular complexity index is 221. The third-order valence-electron chi connectivity index (χ3n) is 1.66. The van der Waals surface area contributed by atoms with E-state index >= 15 is 0 Å². The lowest BCUT2D eigenvalue weighted by Crippen LogP contribution is -1.79. The number of hydrogen-bond donors (Lipinski definition) is 1. The summed E-state index contributed by atoms with van der Waals surface area (Å²) in [5, 5.41) is 0. The van der Waals surface area contributed by atoms with Gasteiger partial charge in [0.25, 0.3) is 0 Å². The van der Waals surface area contributed by atoms with Crippen LogP contribution >= 0.6 is 12.4 Å². The molecule has 0 heterocycles. The van der Waals surface area contributed by atoms with Gasteiger partial charge in [-0.15, -0.1) is 12.4 Å². The first-order chi connectivity index (χ1) is 4.20. The Morgan fingerprint density at radius 3 is 1.82 bits per heavy atom. The van der Waals surface area contributed by atoms with Crippen LogP contribution in [-0.2, 0) is 0 Å². The molecule has 0 aliphatic heterocycles. The van der Waals surface area contributed by atoms with Crippen molar-refractivity contribution in [2.45, 2.75) is 20.8 Å². The van der Waals surface area contributed by atoms with Gasteiger partial charge >= 0.3 is 0 Å². The molecule has 64 valence electrons. The third kappa shape index (κ3) is 3.40. The fourth-order valence-corrected chi connectivity index (χ4v) is 0.891. The summed E-state index contributed by atoms with van der Waals surface area (Å²) in [7, 11) is 0. The minimum atomic E-state index is 0. The fourth-order valence-electron chi connectivity index (χ4n) is 0.891. The normalized spacial score (nSPS) is 7.91. The Morgan fingerprint density at radius 2 is 1.45 bits per heavy atom. The van der Waals surface area contributed by atoms with Gasteiger partial charge in [0.05, 0.1) is 0 Å². The van der Waals surface area contributed by atoms with Crippen LogP contribution < -0.4 is 6.15 Å². The van der Waals surface area contributed by atoms with Crippen LogP contribution in [0.1, 0.15) is 16.7 Å². The van der Waals surface area contributed by atoms with Crippen molar-refractivity contribution in [1.29, 1.82) is 0 Å². The molecule has 11 heavy (non-hydrogen) atoms. The number of rotatable bonds is 0. The van der Waals surface area contributed by atoms with Gasteiger partial charge in [-0.1, -0.05) is 23.8 Å². The van der Waals surface area contributed by atoms with Gasteiger partial charge in [-0.25, -0.2) is 0 Å². The number of aryl methyl sites for hydroxylation is 3. The van der Waals surface area contributed by atoms with E-state index in [1.54, 1.807) is 0 Å². The molecule has 2 heteroatoms. The van der Waals surface area contributed by atoms with E-state index in [2.05, 4.69) is 39.0 Å². The van der Waals surface area contributed by atoms with E-state index in [-0.39, 0.29) is 18.6 Å². The number of hydrogen-bond acceptors (Lipinski definition) is 1. The molecule has 0 atom stereocenters. The average molecular weight is 174 g/mol. The second-order valence-electron chi connectivity index (χ2n) is 2.59. The maximum atomic E-state index is 2.20. The Morgan fingerprint density at radius 1 is 0.909 bits per heavy atom. The van der Waals surface area contributed by atoms with Crippen molar-refractivity contribution >= 4 is 12.4 Å². The summed E-state index contributed by atoms with van der Waals surface area (Å²) in [5.74, 6) is 0. The van der Waals surface area contributed by atoms with Crippen molar-refractivity contribution in [3.63, 3.8) is 0 Å². The van der Waals surface area contributed by atoms with Gasteiger partial charge in [-0.2, -0.15) is 0 Å². The van der Waals surface area contributed by atoms with Crippen molar-refractivity contribution in [2.75, 3.05) is 0 Å². The second-order valence-corrected chi connectivity index (χ2v) is 2.59. The first-order valence-electron chi connectivity index (χ1n) is 3.24. The van der Waals surface area contributed by atoms with Crippen LogP contribution in [0.25, 0.3) is 0 Å². The van der Waals surface area contributed by atoms with E-state index in [1.807, 2.05) is 0 Å². The molecule has 0 bridgehead atoms. The molecule has 0 aliphatic carbocycles. The lowest BCUT2D eigenvalue weighted by atomic mass is 10.1. The van der Waals surface area contributed by atoms with Crippen LogP contribution in [0.15, 0.2) is 18.2 Å². The fraction of sp³-hybridized carbons (Fsp3) is 0.333. The van der Waals surface area contributed by atoms with Gasteiger partial charge in [-0.3, -0.25) is 0 Å². The molecule has 0 fully saturated rings. The van der Waals surface area contributed by atoms with E-state index in [1.165, 1.54) is 16.7 Å². The maximum absolute atomic E-state index is 2.20. The maximum Gasteiger partial charge on any atom is -0.0395 e. The summed E-state index contributed by atoms with van der Waals surface area (Å²) in [6.07, 6.45) is 0. The molecule has 0 saturated carbocycles. The monoisotopic (exact) mass is 173 g/mol. The average Bonchev–Trinajstić information content (AvgIpc) is 1.80. The minimum Gasteiger partial charge on any atom is -0.344 e. The summed E-state index contributed by atoms with van der Waals surface area (Å²) in [5.41, 5.74) is 4.11. The molecule has 0 aliphatic rings.